The Bertz CT molecular complexity index is 1270. The predicted molar refractivity (Wildman–Crippen MR) is 125 cm³/mol. The fraction of sp³-hybridized carbons (Fsp3) is 0.185. The van der Waals surface area contributed by atoms with Crippen LogP contribution < -0.4 is 14.8 Å². The monoisotopic (exact) mass is 424 g/mol. The molecule has 1 aliphatic heterocycles. The van der Waals surface area contributed by atoms with Gasteiger partial charge in [-0.2, -0.15) is 0 Å². The van der Waals surface area contributed by atoms with Crippen molar-refractivity contribution in [2.45, 2.75) is 32.5 Å². The highest BCUT2D eigenvalue weighted by Crippen LogP contribution is 2.27. The maximum Gasteiger partial charge on any atom is 0.224 e. The van der Waals surface area contributed by atoms with Crippen LogP contribution in [0.15, 0.2) is 78.9 Å². The maximum absolute atomic E-state index is 11.7. The van der Waals surface area contributed by atoms with Crippen LogP contribution in [-0.4, -0.2) is 10.9 Å². The largest absolute Gasteiger partial charge is 0.489 e. The van der Waals surface area contributed by atoms with Crippen molar-refractivity contribution in [2.75, 3.05) is 5.32 Å². The van der Waals surface area contributed by atoms with Crippen molar-refractivity contribution in [3.63, 3.8) is 0 Å². The van der Waals surface area contributed by atoms with Crippen molar-refractivity contribution in [1.82, 2.24) is 4.98 Å². The van der Waals surface area contributed by atoms with E-state index < -0.39 is 0 Å². The van der Waals surface area contributed by atoms with Gasteiger partial charge in [-0.3, -0.25) is 4.79 Å². The van der Waals surface area contributed by atoms with Crippen LogP contribution in [0.5, 0.6) is 11.5 Å². The molecule has 0 radical (unpaired) electrons. The molecule has 160 valence electrons. The summed E-state index contributed by atoms with van der Waals surface area (Å²) in [5.74, 6) is 1.66. The van der Waals surface area contributed by atoms with Crippen molar-refractivity contribution in [3.05, 3.63) is 95.7 Å². The lowest BCUT2D eigenvalue weighted by Gasteiger charge is -2.12. The van der Waals surface area contributed by atoms with E-state index in [1.807, 2.05) is 66.7 Å². The Balaban J connectivity index is 1.21. The molecule has 1 aromatic heterocycles. The first-order chi connectivity index (χ1) is 15.7. The molecule has 5 nitrogen and oxygen atoms in total. The van der Waals surface area contributed by atoms with Crippen LogP contribution in [0, 0.1) is 0 Å². The number of hydrogen-bond acceptors (Lipinski definition) is 4. The summed E-state index contributed by atoms with van der Waals surface area (Å²) in [6, 6.07) is 25.9. The first-order valence-corrected chi connectivity index (χ1v) is 10.8. The molecule has 1 amide bonds. The number of aromatic nitrogens is 1. The Kier molecular flexibility index (Phi) is 5.71. The summed E-state index contributed by atoms with van der Waals surface area (Å²) in [4.78, 5) is 16.4. The molecule has 2 heterocycles. The van der Waals surface area contributed by atoms with Gasteiger partial charge in [0.25, 0.3) is 0 Å². The van der Waals surface area contributed by atoms with Crippen LogP contribution >= 0.6 is 0 Å². The highest BCUT2D eigenvalue weighted by Gasteiger charge is 2.13. The van der Waals surface area contributed by atoms with Crippen LogP contribution in [0.1, 0.15) is 29.7 Å². The van der Waals surface area contributed by atoms with Crippen molar-refractivity contribution in [2.24, 2.45) is 0 Å². The lowest BCUT2D eigenvalue weighted by molar-refractivity contribution is -0.116. The van der Waals surface area contributed by atoms with Gasteiger partial charge in [0.05, 0.1) is 11.2 Å². The summed E-state index contributed by atoms with van der Waals surface area (Å²) in [7, 11) is 0. The van der Waals surface area contributed by atoms with E-state index in [2.05, 4.69) is 22.4 Å². The number of aryl methyl sites for hydroxylation is 1. The number of amides is 1. The lowest BCUT2D eigenvalue weighted by atomic mass is 10.1. The zero-order chi connectivity index (χ0) is 21.8. The number of carbonyl (C=O) groups excluding carboxylic acids is 1. The molecule has 0 aliphatic carbocycles. The number of hydrogen-bond donors (Lipinski definition) is 1. The van der Waals surface area contributed by atoms with Crippen molar-refractivity contribution in [3.8, 4) is 11.5 Å². The number of ether oxygens (including phenoxy) is 2. The average Bonchev–Trinajstić information content (AvgIpc) is 3.01. The molecule has 0 fully saturated rings. The minimum atomic E-state index is 0.0770. The number of nitrogens with zero attached hydrogens (tertiary/aromatic N) is 1. The first kappa shape index (κ1) is 20.1. The Morgan fingerprint density at radius 1 is 0.812 bits per heavy atom. The molecule has 0 spiro atoms. The van der Waals surface area contributed by atoms with Crippen molar-refractivity contribution < 1.29 is 14.3 Å². The highest BCUT2D eigenvalue weighted by atomic mass is 16.5. The molecule has 0 saturated carbocycles. The average molecular weight is 425 g/mol. The third-order valence-electron chi connectivity index (χ3n) is 5.55. The maximum atomic E-state index is 11.7. The van der Waals surface area contributed by atoms with E-state index in [1.165, 1.54) is 0 Å². The molecule has 4 aromatic rings. The standard InChI is InChI=1S/C27H24N2O3/c30-27-10-4-7-21-16-24(13-14-26(21)29-27)31-17-19-5-3-8-23(15-19)32-18-22-12-11-20-6-1-2-9-25(20)28-22/h1-3,5-6,8-9,11-16H,4,7,10,17-18H2,(H,29,30). The van der Waals surface area contributed by atoms with Gasteiger partial charge in [-0.1, -0.05) is 36.4 Å². The first-order valence-electron chi connectivity index (χ1n) is 10.8. The van der Waals surface area contributed by atoms with Gasteiger partial charge in [-0.05, 0) is 66.4 Å². The highest BCUT2D eigenvalue weighted by molar-refractivity contribution is 5.92. The molecule has 5 rings (SSSR count). The van der Waals surface area contributed by atoms with Crippen LogP contribution in [0.4, 0.5) is 5.69 Å². The second kappa shape index (κ2) is 9.10. The fourth-order valence-corrected chi connectivity index (χ4v) is 3.88. The number of carbonyl (C=O) groups is 1. The zero-order valence-corrected chi connectivity index (χ0v) is 17.7. The molecule has 1 N–H and O–H groups in total. The molecule has 5 heteroatoms. The van der Waals surface area contributed by atoms with Gasteiger partial charge in [0.1, 0.15) is 24.7 Å². The van der Waals surface area contributed by atoms with E-state index in [0.29, 0.717) is 19.6 Å². The molecule has 32 heavy (non-hydrogen) atoms. The molecule has 0 atom stereocenters. The minimum absolute atomic E-state index is 0.0770. The van der Waals surface area contributed by atoms with Gasteiger partial charge >= 0.3 is 0 Å². The van der Waals surface area contributed by atoms with E-state index in [4.69, 9.17) is 9.47 Å². The van der Waals surface area contributed by atoms with Gasteiger partial charge in [0, 0.05) is 17.5 Å². The van der Waals surface area contributed by atoms with E-state index >= 15 is 0 Å². The Morgan fingerprint density at radius 2 is 1.69 bits per heavy atom. The minimum Gasteiger partial charge on any atom is -0.489 e. The predicted octanol–water partition coefficient (Wildman–Crippen LogP) is 5.67. The van der Waals surface area contributed by atoms with Gasteiger partial charge < -0.3 is 14.8 Å². The number of fused-ring (bicyclic) bond motifs is 2. The van der Waals surface area contributed by atoms with E-state index in [-0.39, 0.29) is 5.91 Å². The summed E-state index contributed by atoms with van der Waals surface area (Å²) >= 11 is 0. The fourth-order valence-electron chi connectivity index (χ4n) is 3.88. The van der Waals surface area contributed by atoms with Crippen molar-refractivity contribution >= 4 is 22.5 Å². The van der Waals surface area contributed by atoms with Gasteiger partial charge in [-0.25, -0.2) is 4.98 Å². The Labute approximate surface area is 187 Å². The van der Waals surface area contributed by atoms with E-state index in [9.17, 15) is 4.79 Å². The Hall–Kier alpha value is -3.86. The normalized spacial score (nSPS) is 13.2. The lowest BCUT2D eigenvalue weighted by Crippen LogP contribution is -2.09. The van der Waals surface area contributed by atoms with Gasteiger partial charge in [0.15, 0.2) is 0 Å². The number of nitrogens with one attached hydrogen (secondary N) is 1. The van der Waals surface area contributed by atoms with Gasteiger partial charge in [-0.15, -0.1) is 0 Å². The second-order valence-corrected chi connectivity index (χ2v) is 7.94. The smallest absolute Gasteiger partial charge is 0.224 e. The number of pyridine rings is 1. The SMILES string of the molecule is O=C1CCCc2cc(OCc3cccc(OCc4ccc5ccccc5n4)c3)ccc2N1. The molecule has 0 unspecified atom stereocenters. The van der Waals surface area contributed by atoms with Crippen LogP contribution in [0.2, 0.25) is 0 Å². The number of rotatable bonds is 6. The molecular weight excluding hydrogens is 400 g/mol. The second-order valence-electron chi connectivity index (χ2n) is 7.94. The summed E-state index contributed by atoms with van der Waals surface area (Å²) < 4.78 is 12.0. The zero-order valence-electron chi connectivity index (χ0n) is 17.7. The van der Waals surface area contributed by atoms with Crippen LogP contribution in [-0.2, 0) is 24.4 Å². The Morgan fingerprint density at radius 3 is 2.66 bits per heavy atom. The topological polar surface area (TPSA) is 60.5 Å². The molecule has 1 aliphatic rings. The summed E-state index contributed by atoms with van der Waals surface area (Å²) in [5, 5.41) is 4.07. The third kappa shape index (κ3) is 4.72. The summed E-state index contributed by atoms with van der Waals surface area (Å²) in [6.45, 7) is 0.849. The quantitative estimate of drug-likeness (QED) is 0.433. The number of para-hydroxylation sites is 1. The van der Waals surface area contributed by atoms with E-state index in [0.717, 1.165) is 57.8 Å². The summed E-state index contributed by atoms with van der Waals surface area (Å²) in [5.41, 5.74) is 4.89. The third-order valence-corrected chi connectivity index (χ3v) is 5.55. The molecule has 3 aromatic carbocycles. The summed E-state index contributed by atoms with van der Waals surface area (Å²) in [6.07, 6.45) is 2.29. The van der Waals surface area contributed by atoms with Gasteiger partial charge in [0.2, 0.25) is 5.91 Å². The number of benzene rings is 3. The van der Waals surface area contributed by atoms with E-state index in [1.54, 1.807) is 0 Å². The molecule has 0 bridgehead atoms. The number of anilines is 1. The molecule has 0 saturated heterocycles. The van der Waals surface area contributed by atoms with Crippen LogP contribution in [0.3, 0.4) is 0 Å². The van der Waals surface area contributed by atoms with Crippen LogP contribution in [0.25, 0.3) is 10.9 Å². The molecular formula is C27H24N2O3. The van der Waals surface area contributed by atoms with Crippen molar-refractivity contribution in [1.29, 1.82) is 0 Å².